The van der Waals surface area contributed by atoms with Crippen LogP contribution in [0.2, 0.25) is 0 Å². The summed E-state index contributed by atoms with van der Waals surface area (Å²) < 4.78 is 8.24. The fraction of sp³-hybridized carbons (Fsp3) is 0.450. The zero-order valence-corrected chi connectivity index (χ0v) is 17.7. The first-order valence-electron chi connectivity index (χ1n) is 9.39. The van der Waals surface area contributed by atoms with Crippen LogP contribution in [0.15, 0.2) is 33.7 Å². The van der Waals surface area contributed by atoms with E-state index in [9.17, 15) is 9.59 Å². The molecular formula is C20H23BrN4O3. The number of amides is 1. The third-order valence-electron chi connectivity index (χ3n) is 4.98. The van der Waals surface area contributed by atoms with Crippen molar-refractivity contribution in [2.75, 3.05) is 13.1 Å². The van der Waals surface area contributed by atoms with Gasteiger partial charge < -0.3 is 14.6 Å². The molecule has 3 aromatic rings. The summed E-state index contributed by atoms with van der Waals surface area (Å²) in [5.41, 5.74) is 1.79. The number of aromatic nitrogens is 3. The maximum Gasteiger partial charge on any atom is 0.410 e. The van der Waals surface area contributed by atoms with Gasteiger partial charge in [-0.2, -0.15) is 0 Å². The lowest BCUT2D eigenvalue weighted by atomic mass is 10.0. The summed E-state index contributed by atoms with van der Waals surface area (Å²) in [6, 6.07) is 5.88. The monoisotopic (exact) mass is 446 g/mol. The molecule has 148 valence electrons. The number of nitrogens with zero attached hydrogens (tertiary/aromatic N) is 3. The van der Waals surface area contributed by atoms with Crippen LogP contribution in [0.25, 0.3) is 21.9 Å². The van der Waals surface area contributed by atoms with Gasteiger partial charge in [-0.1, -0.05) is 15.9 Å². The summed E-state index contributed by atoms with van der Waals surface area (Å²) in [4.78, 5) is 34.1. The number of halogens is 1. The Morgan fingerprint density at radius 2 is 2.00 bits per heavy atom. The molecule has 1 aliphatic heterocycles. The highest BCUT2D eigenvalue weighted by atomic mass is 79.9. The number of ether oxygens (including phenoxy) is 1. The van der Waals surface area contributed by atoms with E-state index in [1.165, 1.54) is 0 Å². The number of H-pyrrole nitrogens is 1. The van der Waals surface area contributed by atoms with Gasteiger partial charge in [-0.05, 0) is 51.8 Å². The first-order valence-corrected chi connectivity index (χ1v) is 10.2. The lowest BCUT2D eigenvalue weighted by Crippen LogP contribution is -2.43. The normalized spacial score (nSPS) is 16.1. The number of carbonyl (C=O) groups is 1. The molecular weight excluding hydrogens is 424 g/mol. The van der Waals surface area contributed by atoms with Crippen molar-refractivity contribution in [1.82, 2.24) is 19.4 Å². The van der Waals surface area contributed by atoms with Crippen molar-refractivity contribution in [2.24, 2.45) is 0 Å². The fourth-order valence-corrected chi connectivity index (χ4v) is 4.12. The van der Waals surface area contributed by atoms with Crippen molar-refractivity contribution in [3.05, 3.63) is 39.4 Å². The number of hydrogen-bond acceptors (Lipinski definition) is 4. The van der Waals surface area contributed by atoms with E-state index in [0.29, 0.717) is 25.9 Å². The van der Waals surface area contributed by atoms with Crippen LogP contribution in [-0.4, -0.2) is 44.2 Å². The van der Waals surface area contributed by atoms with Gasteiger partial charge in [0.05, 0.1) is 22.7 Å². The number of pyridine rings is 1. The van der Waals surface area contributed by atoms with Crippen molar-refractivity contribution >= 4 is 44.0 Å². The SMILES string of the molecule is CC(C)(C)OC(=O)N1CCC(n2c(=O)[nH]c3cnc4ccc(Br)cc4c32)CC1. The molecule has 1 aromatic carbocycles. The van der Waals surface area contributed by atoms with Crippen molar-refractivity contribution in [3.8, 4) is 0 Å². The number of piperidine rings is 1. The smallest absolute Gasteiger partial charge is 0.410 e. The Morgan fingerprint density at radius 3 is 2.68 bits per heavy atom. The lowest BCUT2D eigenvalue weighted by Gasteiger charge is -2.33. The third-order valence-corrected chi connectivity index (χ3v) is 5.48. The van der Waals surface area contributed by atoms with Gasteiger partial charge in [-0.3, -0.25) is 9.55 Å². The standard InChI is InChI=1S/C20H23BrN4O3/c1-20(2,3)28-19(27)24-8-6-13(7-9-24)25-17-14-10-12(21)4-5-15(14)22-11-16(17)23-18(25)26/h4-5,10-11,13H,6-9H2,1-3H3,(H,23,26). The van der Waals surface area contributed by atoms with Gasteiger partial charge in [0.15, 0.2) is 0 Å². The van der Waals surface area contributed by atoms with Crippen LogP contribution in [0.4, 0.5) is 4.79 Å². The summed E-state index contributed by atoms with van der Waals surface area (Å²) in [7, 11) is 0. The first kappa shape index (κ1) is 19.0. The average Bonchev–Trinajstić information content (AvgIpc) is 2.96. The predicted molar refractivity (Wildman–Crippen MR) is 112 cm³/mol. The second-order valence-electron chi connectivity index (χ2n) is 8.18. The van der Waals surface area contributed by atoms with E-state index in [1.807, 2.05) is 43.5 Å². The lowest BCUT2D eigenvalue weighted by molar-refractivity contribution is 0.0189. The van der Waals surface area contributed by atoms with Crippen LogP contribution in [0.3, 0.4) is 0 Å². The molecule has 1 N–H and O–H groups in total. The number of hydrogen-bond donors (Lipinski definition) is 1. The van der Waals surface area contributed by atoms with E-state index in [2.05, 4.69) is 25.9 Å². The molecule has 0 aliphatic carbocycles. The van der Waals surface area contributed by atoms with Crippen LogP contribution in [-0.2, 0) is 4.74 Å². The van der Waals surface area contributed by atoms with Gasteiger partial charge in [0.25, 0.3) is 0 Å². The highest BCUT2D eigenvalue weighted by Gasteiger charge is 2.29. The second kappa shape index (κ2) is 6.92. The van der Waals surface area contributed by atoms with Gasteiger partial charge >= 0.3 is 11.8 Å². The summed E-state index contributed by atoms with van der Waals surface area (Å²) in [6.07, 6.45) is 2.81. The number of nitrogens with one attached hydrogen (secondary N) is 1. The Kier molecular flexibility index (Phi) is 4.69. The van der Waals surface area contributed by atoms with Crippen molar-refractivity contribution < 1.29 is 9.53 Å². The van der Waals surface area contributed by atoms with E-state index >= 15 is 0 Å². The van der Waals surface area contributed by atoms with Gasteiger partial charge in [0.1, 0.15) is 5.60 Å². The fourth-order valence-electron chi connectivity index (χ4n) is 3.76. The molecule has 1 aliphatic rings. The van der Waals surface area contributed by atoms with Crippen molar-refractivity contribution in [3.63, 3.8) is 0 Å². The Labute approximate surface area is 170 Å². The van der Waals surface area contributed by atoms with Crippen molar-refractivity contribution in [1.29, 1.82) is 0 Å². The summed E-state index contributed by atoms with van der Waals surface area (Å²) in [6.45, 7) is 6.71. The number of likely N-dealkylation sites (tertiary alicyclic amines) is 1. The third kappa shape index (κ3) is 3.53. The van der Waals surface area contributed by atoms with E-state index in [4.69, 9.17) is 4.74 Å². The topological polar surface area (TPSA) is 80.2 Å². The summed E-state index contributed by atoms with van der Waals surface area (Å²) >= 11 is 3.51. The second-order valence-corrected chi connectivity index (χ2v) is 9.10. The van der Waals surface area contributed by atoms with Crippen molar-refractivity contribution in [2.45, 2.75) is 45.3 Å². The van der Waals surface area contributed by atoms with Crippen LogP contribution < -0.4 is 5.69 Å². The molecule has 3 heterocycles. The van der Waals surface area contributed by atoms with Crippen LogP contribution >= 0.6 is 15.9 Å². The molecule has 4 rings (SSSR count). The van der Waals surface area contributed by atoms with Crippen LogP contribution in [0.1, 0.15) is 39.7 Å². The Bertz CT molecular complexity index is 1100. The van der Waals surface area contributed by atoms with Gasteiger partial charge in [-0.15, -0.1) is 0 Å². The maximum atomic E-state index is 12.7. The number of imidazole rings is 1. The first-order chi connectivity index (χ1) is 13.2. The predicted octanol–water partition coefficient (Wildman–Crippen LogP) is 4.21. The quantitative estimate of drug-likeness (QED) is 0.606. The zero-order valence-electron chi connectivity index (χ0n) is 16.2. The average molecular weight is 447 g/mol. The maximum absolute atomic E-state index is 12.7. The largest absolute Gasteiger partial charge is 0.444 e. The van der Waals surface area contributed by atoms with E-state index < -0.39 is 5.60 Å². The van der Waals surface area contributed by atoms with Gasteiger partial charge in [-0.25, -0.2) is 9.59 Å². The highest BCUT2D eigenvalue weighted by Crippen LogP contribution is 2.30. The molecule has 2 aromatic heterocycles. The molecule has 0 radical (unpaired) electrons. The van der Waals surface area contributed by atoms with E-state index in [1.54, 1.807) is 11.1 Å². The molecule has 0 saturated carbocycles. The number of aromatic amines is 1. The Morgan fingerprint density at radius 1 is 1.29 bits per heavy atom. The molecule has 8 heteroatoms. The molecule has 1 fully saturated rings. The van der Waals surface area contributed by atoms with Gasteiger partial charge in [0, 0.05) is 29.0 Å². The molecule has 0 bridgehead atoms. The van der Waals surface area contributed by atoms with E-state index in [0.717, 1.165) is 26.4 Å². The minimum Gasteiger partial charge on any atom is -0.444 e. The molecule has 1 amide bonds. The van der Waals surface area contributed by atoms with E-state index in [-0.39, 0.29) is 17.8 Å². The minimum atomic E-state index is -0.513. The Hall–Kier alpha value is -2.35. The zero-order chi connectivity index (χ0) is 20.1. The molecule has 0 atom stereocenters. The molecule has 0 spiro atoms. The molecule has 1 saturated heterocycles. The molecule has 28 heavy (non-hydrogen) atoms. The van der Waals surface area contributed by atoms with Crippen LogP contribution in [0, 0.1) is 0 Å². The molecule has 0 unspecified atom stereocenters. The minimum absolute atomic E-state index is 0.0181. The molecule has 7 nitrogen and oxygen atoms in total. The number of fused-ring (bicyclic) bond motifs is 3. The number of carbonyl (C=O) groups excluding carboxylic acids is 1. The van der Waals surface area contributed by atoms with Gasteiger partial charge in [0.2, 0.25) is 0 Å². The summed E-state index contributed by atoms with van der Waals surface area (Å²) in [5, 5.41) is 0.930. The highest BCUT2D eigenvalue weighted by molar-refractivity contribution is 9.10. The number of rotatable bonds is 1. The van der Waals surface area contributed by atoms with Crippen LogP contribution in [0.5, 0.6) is 0 Å². The Balaban J connectivity index is 1.66. The summed E-state index contributed by atoms with van der Waals surface area (Å²) in [5.74, 6) is 0. The number of benzene rings is 1.